The highest BCUT2D eigenvalue weighted by molar-refractivity contribution is 7.92. The summed E-state index contributed by atoms with van der Waals surface area (Å²) < 4.78 is 28.3. The molecule has 1 N–H and O–H groups in total. The molecule has 0 spiro atoms. The van der Waals surface area contributed by atoms with Gasteiger partial charge < -0.3 is 5.32 Å². The van der Waals surface area contributed by atoms with Crippen LogP contribution < -0.4 is 9.62 Å². The molecule has 0 heterocycles. The molecule has 168 valence electrons. The highest BCUT2D eigenvalue weighted by atomic mass is 32.2. The maximum Gasteiger partial charge on any atom is 0.264 e. The van der Waals surface area contributed by atoms with Gasteiger partial charge in [0, 0.05) is 6.54 Å². The first-order valence-corrected chi connectivity index (χ1v) is 12.3. The summed E-state index contributed by atoms with van der Waals surface area (Å²) in [5.74, 6) is -0.223. The summed E-state index contributed by atoms with van der Waals surface area (Å²) in [6.45, 7) is 6.05. The SMILES string of the molecule is CCc1ccccc1N(CC(=O)NC[C@H](C)c1ccccc1)S(=O)(=O)c1ccc(C)cc1. The van der Waals surface area contributed by atoms with Crippen molar-refractivity contribution in [2.24, 2.45) is 0 Å². The number of carbonyl (C=O) groups excluding carboxylic acids is 1. The van der Waals surface area contributed by atoms with Crippen LogP contribution in [0.1, 0.15) is 36.5 Å². The standard InChI is InChI=1S/C26H30N2O3S/c1-4-22-10-8-9-13-25(22)28(32(30,31)24-16-14-20(2)15-17-24)19-26(29)27-18-21(3)23-11-6-5-7-12-23/h5-17,21H,4,18-19H2,1-3H3,(H,27,29)/t21-/m0/s1. The summed E-state index contributed by atoms with van der Waals surface area (Å²) in [7, 11) is -3.92. The van der Waals surface area contributed by atoms with Crippen LogP contribution >= 0.6 is 0 Å². The number of para-hydroxylation sites is 1. The number of carbonyl (C=O) groups is 1. The van der Waals surface area contributed by atoms with Gasteiger partial charge in [-0.25, -0.2) is 8.42 Å². The van der Waals surface area contributed by atoms with Crippen molar-refractivity contribution in [1.82, 2.24) is 5.32 Å². The van der Waals surface area contributed by atoms with Gasteiger partial charge in [0.15, 0.2) is 0 Å². The van der Waals surface area contributed by atoms with Crippen molar-refractivity contribution in [1.29, 1.82) is 0 Å². The van der Waals surface area contributed by atoms with Gasteiger partial charge in [-0.05, 0) is 48.6 Å². The van der Waals surface area contributed by atoms with E-state index in [2.05, 4.69) is 5.32 Å². The fourth-order valence-corrected chi connectivity index (χ4v) is 5.00. The zero-order chi connectivity index (χ0) is 23.1. The number of aryl methyl sites for hydroxylation is 2. The van der Waals surface area contributed by atoms with Crippen LogP contribution in [0.4, 0.5) is 5.69 Å². The number of rotatable bonds is 9. The minimum Gasteiger partial charge on any atom is -0.354 e. The highest BCUT2D eigenvalue weighted by Gasteiger charge is 2.28. The molecule has 0 bridgehead atoms. The largest absolute Gasteiger partial charge is 0.354 e. The second-order valence-electron chi connectivity index (χ2n) is 7.92. The lowest BCUT2D eigenvalue weighted by atomic mass is 10.0. The van der Waals surface area contributed by atoms with E-state index in [9.17, 15) is 13.2 Å². The Morgan fingerprint density at radius 2 is 1.56 bits per heavy atom. The number of nitrogens with zero attached hydrogens (tertiary/aromatic N) is 1. The third kappa shape index (κ3) is 5.56. The molecule has 1 amide bonds. The Morgan fingerprint density at radius 3 is 2.22 bits per heavy atom. The summed E-state index contributed by atoms with van der Waals surface area (Å²) in [5.41, 5.74) is 3.49. The Morgan fingerprint density at radius 1 is 0.938 bits per heavy atom. The van der Waals surface area contributed by atoms with Crippen LogP contribution in [0.2, 0.25) is 0 Å². The average Bonchev–Trinajstić information content (AvgIpc) is 2.81. The van der Waals surface area contributed by atoms with Crippen molar-refractivity contribution >= 4 is 21.6 Å². The first kappa shape index (κ1) is 23.5. The van der Waals surface area contributed by atoms with Gasteiger partial charge in [0.1, 0.15) is 6.54 Å². The summed E-state index contributed by atoms with van der Waals surface area (Å²) in [4.78, 5) is 13.0. The second kappa shape index (κ2) is 10.5. The molecule has 0 aliphatic heterocycles. The van der Waals surface area contributed by atoms with E-state index >= 15 is 0 Å². The first-order valence-electron chi connectivity index (χ1n) is 10.8. The maximum absolute atomic E-state index is 13.6. The number of sulfonamides is 1. The molecule has 5 nitrogen and oxygen atoms in total. The molecule has 0 aliphatic carbocycles. The topological polar surface area (TPSA) is 66.5 Å². The van der Waals surface area contributed by atoms with Gasteiger partial charge in [0.05, 0.1) is 10.6 Å². The Kier molecular flexibility index (Phi) is 7.70. The predicted octanol–water partition coefficient (Wildman–Crippen LogP) is 4.67. The van der Waals surface area contributed by atoms with E-state index in [0.717, 1.165) is 16.7 Å². The number of benzene rings is 3. The van der Waals surface area contributed by atoms with Crippen molar-refractivity contribution in [3.05, 3.63) is 95.6 Å². The Balaban J connectivity index is 1.86. The third-order valence-corrected chi connectivity index (χ3v) is 7.29. The van der Waals surface area contributed by atoms with Crippen molar-refractivity contribution < 1.29 is 13.2 Å². The van der Waals surface area contributed by atoms with E-state index in [-0.39, 0.29) is 23.3 Å². The molecule has 6 heteroatoms. The van der Waals surface area contributed by atoms with E-state index in [1.54, 1.807) is 36.4 Å². The average molecular weight is 451 g/mol. The summed E-state index contributed by atoms with van der Waals surface area (Å²) in [6, 6.07) is 23.9. The molecule has 0 aliphatic rings. The van der Waals surface area contributed by atoms with Gasteiger partial charge in [-0.2, -0.15) is 0 Å². The molecule has 0 unspecified atom stereocenters. The molecule has 3 aromatic rings. The van der Waals surface area contributed by atoms with E-state index in [1.807, 2.05) is 63.2 Å². The quantitative estimate of drug-likeness (QED) is 0.515. The molecule has 0 saturated heterocycles. The van der Waals surface area contributed by atoms with Crippen LogP contribution in [0, 0.1) is 6.92 Å². The first-order chi connectivity index (χ1) is 15.3. The highest BCUT2D eigenvalue weighted by Crippen LogP contribution is 2.27. The fraction of sp³-hybridized carbons (Fsp3) is 0.269. The number of amides is 1. The smallest absolute Gasteiger partial charge is 0.264 e. The van der Waals surface area contributed by atoms with E-state index in [4.69, 9.17) is 0 Å². The lowest BCUT2D eigenvalue weighted by molar-refractivity contribution is -0.119. The van der Waals surface area contributed by atoms with Crippen LogP contribution in [-0.2, 0) is 21.2 Å². The number of hydrogen-bond acceptors (Lipinski definition) is 3. The van der Waals surface area contributed by atoms with Crippen LogP contribution in [0.25, 0.3) is 0 Å². The Labute approximate surface area is 191 Å². The molecule has 3 aromatic carbocycles. The Bertz CT molecular complexity index is 1140. The second-order valence-corrected chi connectivity index (χ2v) is 9.79. The van der Waals surface area contributed by atoms with Crippen LogP contribution in [0.5, 0.6) is 0 Å². The fourth-order valence-electron chi connectivity index (χ4n) is 3.54. The maximum atomic E-state index is 13.6. The van der Waals surface area contributed by atoms with Crippen molar-refractivity contribution in [3.8, 4) is 0 Å². The van der Waals surface area contributed by atoms with Gasteiger partial charge in [-0.3, -0.25) is 9.10 Å². The summed E-state index contributed by atoms with van der Waals surface area (Å²) in [5, 5.41) is 2.91. The van der Waals surface area contributed by atoms with E-state index < -0.39 is 10.0 Å². The van der Waals surface area contributed by atoms with E-state index in [0.29, 0.717) is 18.7 Å². The predicted molar refractivity (Wildman–Crippen MR) is 129 cm³/mol. The molecule has 32 heavy (non-hydrogen) atoms. The molecule has 1 atom stereocenters. The van der Waals surface area contributed by atoms with E-state index in [1.165, 1.54) is 4.31 Å². The normalized spacial score (nSPS) is 12.2. The monoisotopic (exact) mass is 450 g/mol. The minimum atomic E-state index is -3.92. The van der Waals surface area contributed by atoms with Crippen LogP contribution in [0.15, 0.2) is 83.8 Å². The number of nitrogens with one attached hydrogen (secondary N) is 1. The van der Waals surface area contributed by atoms with Gasteiger partial charge in [-0.15, -0.1) is 0 Å². The molecule has 0 fully saturated rings. The molecule has 0 aromatic heterocycles. The molecular weight excluding hydrogens is 420 g/mol. The van der Waals surface area contributed by atoms with Crippen molar-refractivity contribution in [2.45, 2.75) is 38.0 Å². The lowest BCUT2D eigenvalue weighted by Gasteiger charge is -2.26. The van der Waals surface area contributed by atoms with Crippen molar-refractivity contribution in [3.63, 3.8) is 0 Å². The van der Waals surface area contributed by atoms with Crippen LogP contribution in [0.3, 0.4) is 0 Å². The molecular formula is C26H30N2O3S. The number of anilines is 1. The molecule has 3 rings (SSSR count). The number of hydrogen-bond donors (Lipinski definition) is 1. The summed E-state index contributed by atoms with van der Waals surface area (Å²) in [6.07, 6.45) is 0.656. The van der Waals surface area contributed by atoms with Gasteiger partial charge in [-0.1, -0.05) is 80.1 Å². The molecule has 0 saturated carbocycles. The minimum absolute atomic E-state index is 0.116. The summed E-state index contributed by atoms with van der Waals surface area (Å²) >= 11 is 0. The zero-order valence-corrected chi connectivity index (χ0v) is 19.6. The van der Waals surface area contributed by atoms with Gasteiger partial charge in [0.25, 0.3) is 10.0 Å². The third-order valence-electron chi connectivity index (χ3n) is 5.51. The van der Waals surface area contributed by atoms with Crippen molar-refractivity contribution in [2.75, 3.05) is 17.4 Å². The van der Waals surface area contributed by atoms with Crippen LogP contribution in [-0.4, -0.2) is 27.4 Å². The lowest BCUT2D eigenvalue weighted by Crippen LogP contribution is -2.42. The van der Waals surface area contributed by atoms with Gasteiger partial charge in [0.2, 0.25) is 5.91 Å². The zero-order valence-electron chi connectivity index (χ0n) is 18.8. The Hall–Kier alpha value is -3.12. The molecule has 0 radical (unpaired) electrons. The van der Waals surface area contributed by atoms with Gasteiger partial charge >= 0.3 is 0 Å².